The minimum atomic E-state index is -0.972. The highest BCUT2D eigenvalue weighted by molar-refractivity contribution is 4.86. The summed E-state index contributed by atoms with van der Waals surface area (Å²) in [5, 5.41) is 33.1. The fourth-order valence-electron chi connectivity index (χ4n) is 0.388. The van der Waals surface area contributed by atoms with E-state index in [0.29, 0.717) is 0 Å². The summed E-state index contributed by atoms with van der Waals surface area (Å²) in [7, 11) is 0. The van der Waals surface area contributed by atoms with Gasteiger partial charge in [0.15, 0.2) is 0 Å². The Balaban J connectivity index is 3.49. The molecule has 1 atom stereocenters. The van der Waals surface area contributed by atoms with Gasteiger partial charge in [0.2, 0.25) is 0 Å². The summed E-state index contributed by atoms with van der Waals surface area (Å²) in [6.07, 6.45) is -0.0131. The van der Waals surface area contributed by atoms with Crippen molar-refractivity contribution in [1.82, 2.24) is 0 Å². The zero-order valence-corrected chi connectivity index (χ0v) is 4.86. The van der Waals surface area contributed by atoms with Gasteiger partial charge in [-0.15, -0.1) is 0 Å². The maximum absolute atomic E-state index is 8.66. The van der Waals surface area contributed by atoms with Crippen molar-refractivity contribution in [2.75, 3.05) is 6.61 Å². The first kappa shape index (κ1) is 8.26. The normalized spacial score (nSPS) is 12.7. The quantitative estimate of drug-likeness (QED) is 0.399. The Bertz CT molecular complexity index is 95.1. The Kier molecular flexibility index (Phi) is 3.83. The van der Waals surface area contributed by atoms with Crippen LogP contribution in [0.15, 0.2) is 12.0 Å². The van der Waals surface area contributed by atoms with Crippen LogP contribution in [0.1, 0.15) is 6.42 Å². The highest BCUT2D eigenvalue weighted by Gasteiger charge is 1.98. The van der Waals surface area contributed by atoms with Crippen LogP contribution < -0.4 is 0 Å². The van der Waals surface area contributed by atoms with E-state index in [0.717, 1.165) is 6.08 Å². The van der Waals surface area contributed by atoms with Crippen LogP contribution in [-0.4, -0.2) is 33.1 Å². The molecule has 0 saturated heterocycles. The lowest BCUT2D eigenvalue weighted by Crippen LogP contribution is -2.05. The largest absolute Gasteiger partial charge is 0.481 e. The van der Waals surface area contributed by atoms with Crippen molar-refractivity contribution in [3.63, 3.8) is 0 Å². The second-order valence-corrected chi connectivity index (χ2v) is 1.60. The standard InChI is InChI=1S/C5H10O4/c6-2-1-4(7)3-5(8)9/h3-4,6-9H,1-2H2. The molecule has 0 aliphatic rings. The Morgan fingerprint density at radius 2 is 2.00 bits per heavy atom. The average Bonchev–Trinajstić information content (AvgIpc) is 1.63. The summed E-state index contributed by atoms with van der Waals surface area (Å²) in [4.78, 5) is 0. The van der Waals surface area contributed by atoms with Gasteiger partial charge in [-0.1, -0.05) is 0 Å². The second-order valence-electron chi connectivity index (χ2n) is 1.60. The maximum atomic E-state index is 8.66. The third-order valence-electron chi connectivity index (χ3n) is 0.766. The van der Waals surface area contributed by atoms with Gasteiger partial charge in [-0.05, 0) is 0 Å². The molecule has 0 fully saturated rings. The number of hydrogen-bond acceptors (Lipinski definition) is 4. The Morgan fingerprint density at radius 3 is 2.33 bits per heavy atom. The maximum Gasteiger partial charge on any atom is 0.272 e. The molecule has 4 nitrogen and oxygen atoms in total. The molecule has 0 heterocycles. The van der Waals surface area contributed by atoms with Gasteiger partial charge in [-0.25, -0.2) is 0 Å². The van der Waals surface area contributed by atoms with E-state index in [1.807, 2.05) is 0 Å². The Morgan fingerprint density at radius 1 is 1.44 bits per heavy atom. The summed E-state index contributed by atoms with van der Waals surface area (Å²) >= 11 is 0. The van der Waals surface area contributed by atoms with Crippen LogP contribution in [0.4, 0.5) is 0 Å². The van der Waals surface area contributed by atoms with E-state index in [9.17, 15) is 0 Å². The summed E-state index contributed by atoms with van der Waals surface area (Å²) in [6.45, 7) is -0.176. The molecule has 4 N–H and O–H groups in total. The highest BCUT2D eigenvalue weighted by Crippen LogP contribution is 1.93. The number of aliphatic hydroxyl groups is 4. The average molecular weight is 134 g/mol. The van der Waals surface area contributed by atoms with E-state index in [-0.39, 0.29) is 13.0 Å². The first-order chi connectivity index (χ1) is 4.16. The van der Waals surface area contributed by atoms with Gasteiger partial charge >= 0.3 is 0 Å². The smallest absolute Gasteiger partial charge is 0.272 e. The van der Waals surface area contributed by atoms with Crippen molar-refractivity contribution in [3.05, 3.63) is 12.0 Å². The molecule has 0 bridgehead atoms. The summed E-state index contributed by atoms with van der Waals surface area (Å²) in [5.41, 5.74) is 0. The van der Waals surface area contributed by atoms with Crippen LogP contribution in [-0.2, 0) is 0 Å². The number of hydrogen-bond donors (Lipinski definition) is 4. The van der Waals surface area contributed by atoms with Gasteiger partial charge in [0.25, 0.3) is 5.95 Å². The predicted octanol–water partition coefficient (Wildman–Crippen LogP) is -0.313. The lowest BCUT2D eigenvalue weighted by atomic mass is 10.2. The van der Waals surface area contributed by atoms with Crippen molar-refractivity contribution in [3.8, 4) is 0 Å². The topological polar surface area (TPSA) is 80.9 Å². The van der Waals surface area contributed by atoms with Crippen LogP contribution >= 0.6 is 0 Å². The molecule has 0 rings (SSSR count). The van der Waals surface area contributed by atoms with Gasteiger partial charge in [-0.3, -0.25) is 0 Å². The molecule has 4 heteroatoms. The zero-order chi connectivity index (χ0) is 7.28. The minimum absolute atomic E-state index is 0.116. The fourth-order valence-corrected chi connectivity index (χ4v) is 0.388. The summed E-state index contributed by atoms with van der Waals surface area (Å²) < 4.78 is 0. The molecule has 0 amide bonds. The van der Waals surface area contributed by atoms with E-state index in [4.69, 9.17) is 20.4 Å². The van der Waals surface area contributed by atoms with Crippen LogP contribution in [0.3, 0.4) is 0 Å². The van der Waals surface area contributed by atoms with Gasteiger partial charge in [0.1, 0.15) is 0 Å². The van der Waals surface area contributed by atoms with Crippen LogP contribution in [0.5, 0.6) is 0 Å². The molecule has 0 radical (unpaired) electrons. The van der Waals surface area contributed by atoms with Crippen LogP contribution in [0.25, 0.3) is 0 Å². The molecular formula is C5H10O4. The van der Waals surface area contributed by atoms with Crippen LogP contribution in [0.2, 0.25) is 0 Å². The van der Waals surface area contributed by atoms with Crippen molar-refractivity contribution in [2.24, 2.45) is 0 Å². The lowest BCUT2D eigenvalue weighted by Gasteiger charge is -1.99. The van der Waals surface area contributed by atoms with Crippen molar-refractivity contribution < 1.29 is 20.4 Å². The fraction of sp³-hybridized carbons (Fsp3) is 0.600. The number of rotatable bonds is 3. The molecule has 0 aromatic rings. The van der Waals surface area contributed by atoms with Gasteiger partial charge in [-0.2, -0.15) is 0 Å². The molecule has 0 saturated carbocycles. The lowest BCUT2D eigenvalue weighted by molar-refractivity contribution is 0.144. The zero-order valence-electron chi connectivity index (χ0n) is 4.86. The Labute approximate surface area is 52.7 Å². The van der Waals surface area contributed by atoms with E-state index in [1.54, 1.807) is 0 Å². The molecular weight excluding hydrogens is 124 g/mol. The summed E-state index contributed by atoms with van der Waals surface area (Å²) in [5.74, 6) is -0.920. The molecule has 0 aromatic carbocycles. The molecule has 0 aliphatic heterocycles. The monoisotopic (exact) mass is 134 g/mol. The van der Waals surface area contributed by atoms with E-state index < -0.39 is 12.0 Å². The molecule has 1 unspecified atom stereocenters. The molecule has 0 aromatic heterocycles. The van der Waals surface area contributed by atoms with E-state index in [1.165, 1.54) is 0 Å². The van der Waals surface area contributed by atoms with Gasteiger partial charge in [0.05, 0.1) is 6.10 Å². The van der Waals surface area contributed by atoms with Gasteiger partial charge in [0, 0.05) is 19.1 Å². The van der Waals surface area contributed by atoms with Crippen molar-refractivity contribution in [1.29, 1.82) is 0 Å². The first-order valence-electron chi connectivity index (χ1n) is 2.55. The second kappa shape index (κ2) is 4.17. The molecule has 0 aliphatic carbocycles. The SMILES string of the molecule is OCCC(O)C=C(O)O. The number of aliphatic hydroxyl groups excluding tert-OH is 3. The third-order valence-corrected chi connectivity index (χ3v) is 0.766. The van der Waals surface area contributed by atoms with Gasteiger partial charge < -0.3 is 20.4 Å². The minimum Gasteiger partial charge on any atom is -0.481 e. The first-order valence-corrected chi connectivity index (χ1v) is 2.55. The molecule has 54 valence electrons. The van der Waals surface area contributed by atoms with Crippen LogP contribution in [0, 0.1) is 0 Å². The highest BCUT2D eigenvalue weighted by atomic mass is 16.5. The summed E-state index contributed by atoms with van der Waals surface area (Å²) in [6, 6.07) is 0. The predicted molar refractivity (Wildman–Crippen MR) is 31.1 cm³/mol. The van der Waals surface area contributed by atoms with Crippen molar-refractivity contribution >= 4 is 0 Å². The molecule has 9 heavy (non-hydrogen) atoms. The third kappa shape index (κ3) is 5.13. The van der Waals surface area contributed by atoms with Crippen molar-refractivity contribution in [2.45, 2.75) is 12.5 Å². The molecule has 0 spiro atoms. The van der Waals surface area contributed by atoms with E-state index in [2.05, 4.69) is 0 Å². The van der Waals surface area contributed by atoms with E-state index >= 15 is 0 Å². The Hall–Kier alpha value is -0.740.